The monoisotopic (exact) mass is 188 g/mol. The Morgan fingerprint density at radius 1 is 1.08 bits per heavy atom. The number of hydrogen-bond acceptors (Lipinski definition) is 4. The highest BCUT2D eigenvalue weighted by Gasteiger charge is 2.47. The lowest BCUT2D eigenvalue weighted by molar-refractivity contribution is -0.184. The van der Waals surface area contributed by atoms with Crippen LogP contribution < -0.4 is 0 Å². The van der Waals surface area contributed by atoms with E-state index in [4.69, 9.17) is 18.9 Å². The van der Waals surface area contributed by atoms with Crippen molar-refractivity contribution in [1.82, 2.24) is 0 Å². The van der Waals surface area contributed by atoms with Crippen LogP contribution in [0, 0.1) is 0 Å². The molecule has 0 saturated carbocycles. The molecule has 13 heavy (non-hydrogen) atoms. The second kappa shape index (κ2) is 3.53. The van der Waals surface area contributed by atoms with Crippen molar-refractivity contribution < 1.29 is 18.9 Å². The maximum Gasteiger partial charge on any atom is 0.148 e. The van der Waals surface area contributed by atoms with Gasteiger partial charge in [0, 0.05) is 7.11 Å². The summed E-state index contributed by atoms with van der Waals surface area (Å²) in [7, 11) is 1.68. The summed E-state index contributed by atoms with van der Waals surface area (Å²) < 4.78 is 21.9. The first-order valence-corrected chi connectivity index (χ1v) is 4.65. The van der Waals surface area contributed by atoms with Gasteiger partial charge in [-0.2, -0.15) is 0 Å². The van der Waals surface area contributed by atoms with Crippen molar-refractivity contribution in [3.63, 3.8) is 0 Å². The fraction of sp³-hybridized carbons (Fsp3) is 1.00. The van der Waals surface area contributed by atoms with Gasteiger partial charge in [-0.3, -0.25) is 0 Å². The van der Waals surface area contributed by atoms with Gasteiger partial charge in [-0.15, -0.1) is 0 Å². The molecular formula is C9H16O4. The van der Waals surface area contributed by atoms with Gasteiger partial charge in [0.15, 0.2) is 0 Å². The molecular weight excluding hydrogens is 172 g/mol. The SMILES string of the molecule is COC1C2OCO[C@H]2C(C)O[C@H]1C. The van der Waals surface area contributed by atoms with Crippen molar-refractivity contribution in [3.05, 3.63) is 0 Å². The standard InChI is InChI=1S/C9H16O4/c1-5-7(10-3)9-8(6(2)13-5)11-4-12-9/h5-9H,4H2,1-3H3/t5-,6?,7?,8-,9?/m0/s1. The molecule has 0 amide bonds. The van der Waals surface area contributed by atoms with Crippen LogP contribution in [0.15, 0.2) is 0 Å². The number of ether oxygens (including phenoxy) is 4. The Kier molecular flexibility index (Phi) is 2.55. The van der Waals surface area contributed by atoms with Crippen molar-refractivity contribution in [2.24, 2.45) is 0 Å². The van der Waals surface area contributed by atoms with Crippen LogP contribution in [0.2, 0.25) is 0 Å². The van der Waals surface area contributed by atoms with Crippen LogP contribution in [0.5, 0.6) is 0 Å². The predicted molar refractivity (Wildman–Crippen MR) is 45.4 cm³/mol. The Morgan fingerprint density at radius 2 is 1.77 bits per heavy atom. The Labute approximate surface area is 78.1 Å². The van der Waals surface area contributed by atoms with E-state index in [9.17, 15) is 0 Å². The van der Waals surface area contributed by atoms with Crippen molar-refractivity contribution in [2.75, 3.05) is 13.9 Å². The minimum absolute atomic E-state index is 0.0105. The van der Waals surface area contributed by atoms with Gasteiger partial charge in [-0.1, -0.05) is 0 Å². The maximum absolute atomic E-state index is 5.67. The lowest BCUT2D eigenvalue weighted by Crippen LogP contribution is -2.54. The van der Waals surface area contributed by atoms with Gasteiger partial charge in [0.1, 0.15) is 25.1 Å². The lowest BCUT2D eigenvalue weighted by Gasteiger charge is -2.39. The van der Waals surface area contributed by atoms with Crippen LogP contribution in [-0.2, 0) is 18.9 Å². The minimum Gasteiger partial charge on any atom is -0.376 e. The molecule has 0 aromatic carbocycles. The zero-order valence-electron chi connectivity index (χ0n) is 8.23. The van der Waals surface area contributed by atoms with Crippen molar-refractivity contribution >= 4 is 0 Å². The van der Waals surface area contributed by atoms with Gasteiger partial charge in [-0.25, -0.2) is 0 Å². The van der Waals surface area contributed by atoms with E-state index in [1.54, 1.807) is 7.11 Å². The van der Waals surface area contributed by atoms with Gasteiger partial charge >= 0.3 is 0 Å². The first-order valence-electron chi connectivity index (χ1n) is 4.65. The van der Waals surface area contributed by atoms with Crippen molar-refractivity contribution in [1.29, 1.82) is 0 Å². The number of hydrogen-bond donors (Lipinski definition) is 0. The summed E-state index contributed by atoms with van der Waals surface area (Å²) in [6.07, 6.45) is 0.213. The van der Waals surface area contributed by atoms with E-state index >= 15 is 0 Å². The Hall–Kier alpha value is -0.160. The molecule has 4 heteroatoms. The van der Waals surface area contributed by atoms with Crippen molar-refractivity contribution in [2.45, 2.75) is 44.4 Å². The second-order valence-electron chi connectivity index (χ2n) is 3.63. The molecule has 76 valence electrons. The molecule has 0 spiro atoms. The zero-order chi connectivity index (χ0) is 9.42. The molecule has 0 N–H and O–H groups in total. The summed E-state index contributed by atoms with van der Waals surface area (Å²) >= 11 is 0. The molecule has 0 bridgehead atoms. The van der Waals surface area contributed by atoms with Gasteiger partial charge in [0.05, 0.1) is 12.2 Å². The van der Waals surface area contributed by atoms with Crippen LogP contribution in [0.4, 0.5) is 0 Å². The largest absolute Gasteiger partial charge is 0.376 e. The molecule has 0 aromatic heterocycles. The van der Waals surface area contributed by atoms with E-state index in [1.807, 2.05) is 13.8 Å². The molecule has 0 aromatic rings. The molecule has 2 fully saturated rings. The van der Waals surface area contributed by atoms with Crippen LogP contribution in [0.1, 0.15) is 13.8 Å². The summed E-state index contributed by atoms with van der Waals surface area (Å²) in [5.74, 6) is 0. The average molecular weight is 188 g/mol. The molecule has 3 unspecified atom stereocenters. The summed E-state index contributed by atoms with van der Waals surface area (Å²) in [6.45, 7) is 4.37. The predicted octanol–water partition coefficient (Wildman–Crippen LogP) is 0.550. The van der Waals surface area contributed by atoms with Gasteiger partial charge < -0.3 is 18.9 Å². The highest BCUT2D eigenvalue weighted by molar-refractivity contribution is 4.93. The van der Waals surface area contributed by atoms with Crippen LogP contribution in [0.3, 0.4) is 0 Å². The third-order valence-electron chi connectivity index (χ3n) is 2.80. The number of fused-ring (bicyclic) bond motifs is 1. The van der Waals surface area contributed by atoms with E-state index in [1.165, 1.54) is 0 Å². The summed E-state index contributed by atoms with van der Waals surface area (Å²) in [5, 5.41) is 0. The molecule has 5 atom stereocenters. The molecule has 2 aliphatic rings. The molecule has 2 rings (SSSR count). The summed E-state index contributed by atoms with van der Waals surface area (Å²) in [5.41, 5.74) is 0. The first-order chi connectivity index (χ1) is 6.24. The Balaban J connectivity index is 2.12. The van der Waals surface area contributed by atoms with Gasteiger partial charge in [-0.05, 0) is 13.8 Å². The highest BCUT2D eigenvalue weighted by atomic mass is 16.7. The third kappa shape index (κ3) is 1.48. The smallest absolute Gasteiger partial charge is 0.148 e. The molecule has 2 saturated heterocycles. The van der Waals surface area contributed by atoms with E-state index < -0.39 is 0 Å². The molecule has 2 aliphatic heterocycles. The van der Waals surface area contributed by atoms with E-state index in [2.05, 4.69) is 0 Å². The summed E-state index contributed by atoms with van der Waals surface area (Å²) in [4.78, 5) is 0. The molecule has 4 nitrogen and oxygen atoms in total. The Bertz CT molecular complexity index is 184. The fourth-order valence-electron chi connectivity index (χ4n) is 2.16. The van der Waals surface area contributed by atoms with Crippen LogP contribution >= 0.6 is 0 Å². The van der Waals surface area contributed by atoms with E-state index in [0.717, 1.165) is 0 Å². The number of rotatable bonds is 1. The topological polar surface area (TPSA) is 36.9 Å². The minimum atomic E-state index is -0.0105. The van der Waals surface area contributed by atoms with Gasteiger partial charge in [0.2, 0.25) is 0 Å². The van der Waals surface area contributed by atoms with E-state index in [0.29, 0.717) is 6.79 Å². The number of methoxy groups -OCH3 is 1. The quantitative estimate of drug-likeness (QED) is 0.602. The average Bonchev–Trinajstić information content (AvgIpc) is 2.53. The zero-order valence-corrected chi connectivity index (χ0v) is 8.23. The third-order valence-corrected chi connectivity index (χ3v) is 2.80. The van der Waals surface area contributed by atoms with Crippen molar-refractivity contribution in [3.8, 4) is 0 Å². The fourth-order valence-corrected chi connectivity index (χ4v) is 2.16. The summed E-state index contributed by atoms with van der Waals surface area (Å²) in [6, 6.07) is 0. The second-order valence-corrected chi connectivity index (χ2v) is 3.63. The van der Waals surface area contributed by atoms with Crippen LogP contribution in [0.25, 0.3) is 0 Å². The molecule has 0 radical (unpaired) electrons. The lowest BCUT2D eigenvalue weighted by atomic mass is 9.96. The first kappa shape index (κ1) is 9.40. The maximum atomic E-state index is 5.67. The highest BCUT2D eigenvalue weighted by Crippen LogP contribution is 2.30. The Morgan fingerprint density at radius 3 is 2.46 bits per heavy atom. The van der Waals surface area contributed by atoms with E-state index in [-0.39, 0.29) is 30.5 Å². The van der Waals surface area contributed by atoms with Crippen LogP contribution in [-0.4, -0.2) is 44.4 Å². The normalized spacial score (nSPS) is 50.5. The molecule has 2 heterocycles. The van der Waals surface area contributed by atoms with Gasteiger partial charge in [0.25, 0.3) is 0 Å². The molecule has 0 aliphatic carbocycles.